The molecule has 0 aromatic carbocycles. The van der Waals surface area contributed by atoms with E-state index in [2.05, 4.69) is 10.3 Å². The lowest BCUT2D eigenvalue weighted by Gasteiger charge is -2.14. The van der Waals surface area contributed by atoms with Gasteiger partial charge in [0, 0.05) is 12.6 Å². The van der Waals surface area contributed by atoms with E-state index in [1.54, 1.807) is 12.3 Å². The molecule has 0 aliphatic rings. The number of carboxylic acid groups (broad SMARTS) is 2. The molecule has 1 aromatic heterocycles. The molecule has 1 amide bonds. The minimum absolute atomic E-state index is 0.175. The number of rotatable bonds is 7. The van der Waals surface area contributed by atoms with Crippen LogP contribution in [0, 0.1) is 0 Å². The van der Waals surface area contributed by atoms with E-state index >= 15 is 0 Å². The van der Waals surface area contributed by atoms with E-state index < -0.39 is 23.9 Å². The Balaban J connectivity index is 2.80. The molecule has 0 bridgehead atoms. The van der Waals surface area contributed by atoms with Gasteiger partial charge in [-0.05, 0) is 24.8 Å². The molecule has 8 heteroatoms. The Morgan fingerprint density at radius 2 is 2.10 bits per heavy atom. The number of nitrogens with zero attached hydrogens (tertiary/aromatic N) is 1. The summed E-state index contributed by atoms with van der Waals surface area (Å²) in [6.45, 7) is 0. The van der Waals surface area contributed by atoms with Crippen molar-refractivity contribution in [1.82, 2.24) is 10.3 Å². The lowest BCUT2D eigenvalue weighted by Crippen LogP contribution is -2.41. The summed E-state index contributed by atoms with van der Waals surface area (Å²) in [7, 11) is 0. The molecule has 1 aromatic rings. The number of carbonyl (C=O) groups is 3. The molecule has 0 fully saturated rings. The van der Waals surface area contributed by atoms with Gasteiger partial charge in [0.05, 0.1) is 5.56 Å². The van der Waals surface area contributed by atoms with E-state index in [9.17, 15) is 14.4 Å². The molecule has 108 valence electrons. The fourth-order valence-electron chi connectivity index (χ4n) is 1.49. The molecule has 7 nitrogen and oxygen atoms in total. The molecule has 0 aliphatic heterocycles. The van der Waals surface area contributed by atoms with Crippen molar-refractivity contribution in [3.05, 3.63) is 23.9 Å². The Hall–Kier alpha value is -2.09. The third-order valence-corrected chi connectivity index (χ3v) is 3.17. The van der Waals surface area contributed by atoms with Gasteiger partial charge in [0.15, 0.2) is 0 Å². The Kier molecular flexibility index (Phi) is 5.98. The van der Waals surface area contributed by atoms with Crippen LogP contribution in [-0.4, -0.2) is 45.3 Å². The first-order valence-electron chi connectivity index (χ1n) is 5.70. The summed E-state index contributed by atoms with van der Waals surface area (Å²) in [5.74, 6) is -2.97. The molecule has 0 spiro atoms. The van der Waals surface area contributed by atoms with Gasteiger partial charge >= 0.3 is 11.9 Å². The zero-order valence-corrected chi connectivity index (χ0v) is 11.5. The van der Waals surface area contributed by atoms with Gasteiger partial charge < -0.3 is 15.5 Å². The third-order valence-electron chi connectivity index (χ3n) is 2.46. The first kappa shape index (κ1) is 16.0. The van der Waals surface area contributed by atoms with Crippen molar-refractivity contribution in [2.24, 2.45) is 0 Å². The zero-order chi connectivity index (χ0) is 15.1. The fourth-order valence-corrected chi connectivity index (χ4v) is 2.03. The van der Waals surface area contributed by atoms with Gasteiger partial charge in [0.1, 0.15) is 11.1 Å². The van der Waals surface area contributed by atoms with Crippen LogP contribution < -0.4 is 5.32 Å². The summed E-state index contributed by atoms with van der Waals surface area (Å²) in [5, 5.41) is 20.3. The molecule has 1 atom stereocenters. The van der Waals surface area contributed by atoms with Gasteiger partial charge in [-0.25, -0.2) is 9.78 Å². The number of aliphatic carboxylic acids is 2. The smallest absolute Gasteiger partial charge is 0.326 e. The number of pyridine rings is 1. The lowest BCUT2D eigenvalue weighted by atomic mass is 10.1. The van der Waals surface area contributed by atoms with Crippen molar-refractivity contribution in [3.63, 3.8) is 0 Å². The van der Waals surface area contributed by atoms with Crippen molar-refractivity contribution in [2.75, 3.05) is 6.26 Å². The van der Waals surface area contributed by atoms with Gasteiger partial charge in [-0.15, -0.1) is 11.8 Å². The average molecular weight is 298 g/mol. The molecule has 3 N–H and O–H groups in total. The summed E-state index contributed by atoms with van der Waals surface area (Å²) in [6.07, 6.45) is 2.77. The topological polar surface area (TPSA) is 117 Å². The highest BCUT2D eigenvalue weighted by molar-refractivity contribution is 7.98. The molecular weight excluding hydrogens is 284 g/mol. The molecule has 20 heavy (non-hydrogen) atoms. The Bertz CT molecular complexity index is 520. The predicted octanol–water partition coefficient (Wildman–Crippen LogP) is 0.851. The van der Waals surface area contributed by atoms with Crippen molar-refractivity contribution in [1.29, 1.82) is 0 Å². The second-order valence-electron chi connectivity index (χ2n) is 3.86. The molecule has 1 unspecified atom stereocenters. The number of thioether (sulfide) groups is 1. The van der Waals surface area contributed by atoms with Crippen molar-refractivity contribution < 1.29 is 24.6 Å². The molecule has 0 aliphatic carbocycles. The zero-order valence-electron chi connectivity index (χ0n) is 10.7. The van der Waals surface area contributed by atoms with E-state index in [1.807, 2.05) is 0 Å². The second-order valence-corrected chi connectivity index (χ2v) is 4.65. The van der Waals surface area contributed by atoms with Crippen LogP contribution in [0.5, 0.6) is 0 Å². The number of hydrogen-bond donors (Lipinski definition) is 3. The third kappa shape index (κ3) is 4.54. The van der Waals surface area contributed by atoms with E-state index in [4.69, 9.17) is 10.2 Å². The van der Waals surface area contributed by atoms with Crippen LogP contribution >= 0.6 is 11.8 Å². The highest BCUT2D eigenvalue weighted by atomic mass is 32.2. The standard InChI is InChI=1S/C12H14N2O5S/c1-20-11-7(3-2-6-13-11)10(17)14-8(12(18)19)4-5-9(15)16/h2-3,6,8H,4-5H2,1H3,(H,14,17)(H,15,16)(H,18,19). The summed E-state index contributed by atoms with van der Waals surface area (Å²) in [4.78, 5) is 37.5. The van der Waals surface area contributed by atoms with Crippen LogP contribution in [-0.2, 0) is 9.59 Å². The Morgan fingerprint density at radius 3 is 2.65 bits per heavy atom. The van der Waals surface area contributed by atoms with Gasteiger partial charge in [0.25, 0.3) is 5.91 Å². The Labute approximate surface area is 119 Å². The fraction of sp³-hybridized carbons (Fsp3) is 0.333. The largest absolute Gasteiger partial charge is 0.481 e. The van der Waals surface area contributed by atoms with Gasteiger partial charge in [-0.1, -0.05) is 0 Å². The average Bonchev–Trinajstić information content (AvgIpc) is 2.42. The number of carboxylic acids is 2. The van der Waals surface area contributed by atoms with E-state index in [0.29, 0.717) is 5.03 Å². The maximum Gasteiger partial charge on any atom is 0.326 e. The van der Waals surface area contributed by atoms with Gasteiger partial charge in [-0.3, -0.25) is 9.59 Å². The first-order valence-corrected chi connectivity index (χ1v) is 6.92. The van der Waals surface area contributed by atoms with Crippen LogP contribution in [0.25, 0.3) is 0 Å². The van der Waals surface area contributed by atoms with Crippen molar-refractivity contribution in [2.45, 2.75) is 23.9 Å². The maximum absolute atomic E-state index is 12.0. The van der Waals surface area contributed by atoms with Crippen LogP contribution in [0.4, 0.5) is 0 Å². The summed E-state index contributed by atoms with van der Waals surface area (Å²) in [6, 6.07) is 1.86. The molecule has 0 radical (unpaired) electrons. The molecule has 0 saturated heterocycles. The molecule has 0 saturated carbocycles. The van der Waals surface area contributed by atoms with Crippen LogP contribution in [0.15, 0.2) is 23.4 Å². The van der Waals surface area contributed by atoms with Gasteiger partial charge in [-0.2, -0.15) is 0 Å². The first-order chi connectivity index (χ1) is 9.45. The Morgan fingerprint density at radius 1 is 1.40 bits per heavy atom. The van der Waals surface area contributed by atoms with Crippen LogP contribution in [0.2, 0.25) is 0 Å². The monoisotopic (exact) mass is 298 g/mol. The second kappa shape index (κ2) is 7.49. The lowest BCUT2D eigenvalue weighted by molar-refractivity contribution is -0.140. The number of nitrogens with one attached hydrogen (secondary N) is 1. The molecular formula is C12H14N2O5S. The maximum atomic E-state index is 12.0. The predicted molar refractivity (Wildman–Crippen MR) is 71.8 cm³/mol. The van der Waals surface area contributed by atoms with E-state index in [-0.39, 0.29) is 18.4 Å². The van der Waals surface area contributed by atoms with E-state index in [1.165, 1.54) is 24.0 Å². The molecule has 1 heterocycles. The number of carbonyl (C=O) groups excluding carboxylic acids is 1. The highest BCUT2D eigenvalue weighted by Crippen LogP contribution is 2.16. The van der Waals surface area contributed by atoms with Crippen LogP contribution in [0.3, 0.4) is 0 Å². The normalized spacial score (nSPS) is 11.7. The molecule has 1 rings (SSSR count). The van der Waals surface area contributed by atoms with E-state index in [0.717, 1.165) is 0 Å². The SMILES string of the molecule is CSc1ncccc1C(=O)NC(CCC(=O)O)C(=O)O. The van der Waals surface area contributed by atoms with Gasteiger partial charge in [0.2, 0.25) is 0 Å². The number of aromatic nitrogens is 1. The van der Waals surface area contributed by atoms with Crippen molar-refractivity contribution in [3.8, 4) is 0 Å². The minimum atomic E-state index is -1.27. The summed E-state index contributed by atoms with van der Waals surface area (Å²) in [5.41, 5.74) is 0.265. The summed E-state index contributed by atoms with van der Waals surface area (Å²) < 4.78 is 0. The number of amides is 1. The van der Waals surface area contributed by atoms with Crippen LogP contribution in [0.1, 0.15) is 23.2 Å². The summed E-state index contributed by atoms with van der Waals surface area (Å²) >= 11 is 1.26. The van der Waals surface area contributed by atoms with Crippen molar-refractivity contribution >= 4 is 29.6 Å². The highest BCUT2D eigenvalue weighted by Gasteiger charge is 2.22. The number of hydrogen-bond acceptors (Lipinski definition) is 5. The minimum Gasteiger partial charge on any atom is -0.481 e. The quantitative estimate of drug-likeness (QED) is 0.639.